The van der Waals surface area contributed by atoms with Crippen molar-refractivity contribution in [3.8, 4) is 16.3 Å². The van der Waals surface area contributed by atoms with E-state index in [1.165, 1.54) is 11.3 Å². The molecule has 0 bridgehead atoms. The first-order valence-corrected chi connectivity index (χ1v) is 10.8. The summed E-state index contributed by atoms with van der Waals surface area (Å²) in [4.78, 5) is 34.3. The Morgan fingerprint density at radius 1 is 1.19 bits per heavy atom. The lowest BCUT2D eigenvalue weighted by Gasteiger charge is -2.07. The van der Waals surface area contributed by atoms with Crippen LogP contribution in [0.4, 0.5) is 0 Å². The number of fused-ring (bicyclic) bond motifs is 2. The molecule has 1 aliphatic rings. The standard InChI is InChI=1S/C23H19N3O4S/c1-29-19-6-3-2-5-17(19)21-24-15(13-31-21)12-30-23(28)14-8-9-16-18(11-14)25-20-7-4-10-26(20)22(16)27/h2-3,5-6,8-9,11,13H,4,7,10,12H2,1H3. The first-order chi connectivity index (χ1) is 15.1. The molecule has 0 spiro atoms. The maximum atomic E-state index is 12.6. The van der Waals surface area contributed by atoms with Gasteiger partial charge in [0.1, 0.15) is 23.2 Å². The van der Waals surface area contributed by atoms with E-state index in [1.807, 2.05) is 29.6 Å². The minimum absolute atomic E-state index is 0.0521. The van der Waals surface area contributed by atoms with Crippen molar-refractivity contribution in [3.63, 3.8) is 0 Å². The summed E-state index contributed by atoms with van der Waals surface area (Å²) in [6, 6.07) is 12.5. The molecule has 0 N–H and O–H groups in total. The number of nitrogens with zero attached hydrogens (tertiary/aromatic N) is 3. The van der Waals surface area contributed by atoms with Crippen LogP contribution in [-0.2, 0) is 24.3 Å². The molecule has 7 nitrogen and oxygen atoms in total. The quantitative estimate of drug-likeness (QED) is 0.445. The molecule has 0 aliphatic carbocycles. The normalized spacial score (nSPS) is 12.7. The van der Waals surface area contributed by atoms with E-state index in [4.69, 9.17) is 9.47 Å². The van der Waals surface area contributed by atoms with Gasteiger partial charge >= 0.3 is 5.97 Å². The van der Waals surface area contributed by atoms with Gasteiger partial charge in [0.15, 0.2) is 0 Å². The van der Waals surface area contributed by atoms with Gasteiger partial charge in [-0.25, -0.2) is 14.8 Å². The summed E-state index contributed by atoms with van der Waals surface area (Å²) in [7, 11) is 1.62. The highest BCUT2D eigenvalue weighted by molar-refractivity contribution is 7.13. The number of carbonyl (C=O) groups is 1. The maximum Gasteiger partial charge on any atom is 0.338 e. The molecule has 2 aromatic carbocycles. The Kier molecular flexibility index (Phi) is 4.99. The van der Waals surface area contributed by atoms with E-state index in [0.717, 1.165) is 35.0 Å². The first kappa shape index (κ1) is 19.4. The van der Waals surface area contributed by atoms with Crippen molar-refractivity contribution in [2.45, 2.75) is 26.0 Å². The summed E-state index contributed by atoms with van der Waals surface area (Å²) in [6.45, 7) is 0.758. The summed E-state index contributed by atoms with van der Waals surface area (Å²) >= 11 is 1.47. The zero-order valence-corrected chi connectivity index (χ0v) is 17.6. The predicted molar refractivity (Wildman–Crippen MR) is 118 cm³/mol. The van der Waals surface area contributed by atoms with Crippen LogP contribution < -0.4 is 10.3 Å². The number of methoxy groups -OCH3 is 1. The fourth-order valence-corrected chi connectivity index (χ4v) is 4.59. The van der Waals surface area contributed by atoms with Crippen LogP contribution in [0.1, 0.15) is 28.3 Å². The lowest BCUT2D eigenvalue weighted by Crippen LogP contribution is -2.21. The van der Waals surface area contributed by atoms with Crippen molar-refractivity contribution < 1.29 is 14.3 Å². The molecular weight excluding hydrogens is 414 g/mol. The fourth-order valence-electron chi connectivity index (χ4n) is 3.75. The minimum Gasteiger partial charge on any atom is -0.496 e. The highest BCUT2D eigenvalue weighted by atomic mass is 32.1. The summed E-state index contributed by atoms with van der Waals surface area (Å²) in [5.41, 5.74) is 2.40. The number of rotatable bonds is 5. The molecule has 0 saturated heterocycles. The van der Waals surface area contributed by atoms with Crippen molar-refractivity contribution >= 4 is 28.2 Å². The smallest absolute Gasteiger partial charge is 0.338 e. The zero-order valence-electron chi connectivity index (χ0n) is 16.8. The van der Waals surface area contributed by atoms with Crippen LogP contribution in [-0.4, -0.2) is 27.6 Å². The molecule has 5 rings (SSSR count). The summed E-state index contributed by atoms with van der Waals surface area (Å²) in [6.07, 6.45) is 1.69. The van der Waals surface area contributed by atoms with E-state index in [1.54, 1.807) is 29.9 Å². The predicted octanol–water partition coefficient (Wildman–Crippen LogP) is 3.83. The molecular formula is C23H19N3O4S. The Hall–Kier alpha value is -3.52. The number of hydrogen-bond donors (Lipinski definition) is 0. The SMILES string of the molecule is COc1ccccc1-c1nc(COC(=O)c2ccc3c(=O)n4c(nc3c2)CCC4)cs1. The van der Waals surface area contributed by atoms with Crippen molar-refractivity contribution in [3.05, 3.63) is 75.3 Å². The van der Waals surface area contributed by atoms with Crippen LogP contribution in [0.5, 0.6) is 5.75 Å². The van der Waals surface area contributed by atoms with Crippen LogP contribution in [0.25, 0.3) is 21.5 Å². The molecule has 0 saturated carbocycles. The highest BCUT2D eigenvalue weighted by Gasteiger charge is 2.18. The van der Waals surface area contributed by atoms with E-state index in [2.05, 4.69) is 9.97 Å². The van der Waals surface area contributed by atoms with Gasteiger partial charge < -0.3 is 9.47 Å². The Morgan fingerprint density at radius 2 is 2.06 bits per heavy atom. The largest absolute Gasteiger partial charge is 0.496 e. The number of carbonyl (C=O) groups excluding carboxylic acids is 1. The molecule has 0 amide bonds. The molecule has 0 fully saturated rings. The lowest BCUT2D eigenvalue weighted by atomic mass is 10.1. The summed E-state index contributed by atoms with van der Waals surface area (Å²) < 4.78 is 12.6. The van der Waals surface area contributed by atoms with Crippen LogP contribution >= 0.6 is 11.3 Å². The highest BCUT2D eigenvalue weighted by Crippen LogP contribution is 2.32. The summed E-state index contributed by atoms with van der Waals surface area (Å²) in [5, 5.41) is 3.18. The van der Waals surface area contributed by atoms with Gasteiger partial charge in [0.25, 0.3) is 5.56 Å². The zero-order chi connectivity index (χ0) is 21.4. The van der Waals surface area contributed by atoms with Crippen LogP contribution in [0.15, 0.2) is 52.6 Å². The Morgan fingerprint density at radius 3 is 2.94 bits per heavy atom. The molecule has 0 atom stereocenters. The van der Waals surface area contributed by atoms with Crippen molar-refractivity contribution in [2.75, 3.05) is 7.11 Å². The van der Waals surface area contributed by atoms with Gasteiger partial charge in [-0.05, 0) is 36.8 Å². The minimum atomic E-state index is -0.476. The Bertz CT molecular complexity index is 1360. The monoisotopic (exact) mass is 433 g/mol. The van der Waals surface area contributed by atoms with Gasteiger partial charge in [-0.1, -0.05) is 12.1 Å². The fraction of sp³-hybridized carbons (Fsp3) is 0.217. The third-order valence-corrected chi connectivity index (χ3v) is 6.22. The first-order valence-electron chi connectivity index (χ1n) is 9.92. The van der Waals surface area contributed by atoms with Gasteiger partial charge in [0.05, 0.1) is 34.8 Å². The second kappa shape index (κ2) is 7.96. The van der Waals surface area contributed by atoms with Gasteiger partial charge in [-0.3, -0.25) is 9.36 Å². The Balaban J connectivity index is 1.33. The molecule has 3 heterocycles. The van der Waals surface area contributed by atoms with E-state index in [9.17, 15) is 9.59 Å². The molecule has 0 radical (unpaired) electrons. The molecule has 31 heavy (non-hydrogen) atoms. The van der Waals surface area contributed by atoms with E-state index in [-0.39, 0.29) is 12.2 Å². The number of esters is 1. The van der Waals surface area contributed by atoms with E-state index in [0.29, 0.717) is 28.7 Å². The molecule has 2 aromatic heterocycles. The number of aromatic nitrogens is 3. The lowest BCUT2D eigenvalue weighted by molar-refractivity contribution is 0.0468. The summed E-state index contributed by atoms with van der Waals surface area (Å²) in [5.74, 6) is 1.04. The number of thiazole rings is 1. The van der Waals surface area contributed by atoms with Crippen LogP contribution in [0.3, 0.4) is 0 Å². The molecule has 156 valence electrons. The molecule has 8 heteroatoms. The third-order valence-electron chi connectivity index (χ3n) is 5.29. The average Bonchev–Trinajstić information content (AvgIpc) is 3.47. The van der Waals surface area contributed by atoms with Crippen molar-refractivity contribution in [1.29, 1.82) is 0 Å². The third kappa shape index (κ3) is 3.59. The second-order valence-corrected chi connectivity index (χ2v) is 8.10. The van der Waals surface area contributed by atoms with Gasteiger partial charge in [0.2, 0.25) is 0 Å². The van der Waals surface area contributed by atoms with E-state index < -0.39 is 5.97 Å². The number of benzene rings is 2. The van der Waals surface area contributed by atoms with Crippen molar-refractivity contribution in [1.82, 2.24) is 14.5 Å². The van der Waals surface area contributed by atoms with Gasteiger partial charge in [-0.15, -0.1) is 11.3 Å². The molecule has 4 aromatic rings. The topological polar surface area (TPSA) is 83.3 Å². The van der Waals surface area contributed by atoms with Gasteiger partial charge in [-0.2, -0.15) is 0 Å². The van der Waals surface area contributed by atoms with Crippen molar-refractivity contribution in [2.24, 2.45) is 0 Å². The van der Waals surface area contributed by atoms with Gasteiger partial charge in [0, 0.05) is 18.3 Å². The number of ether oxygens (including phenoxy) is 2. The van der Waals surface area contributed by atoms with E-state index >= 15 is 0 Å². The Labute approximate surface area is 181 Å². The molecule has 1 aliphatic heterocycles. The molecule has 0 unspecified atom stereocenters. The number of hydrogen-bond acceptors (Lipinski definition) is 7. The number of para-hydroxylation sites is 1. The maximum absolute atomic E-state index is 12.6. The van der Waals surface area contributed by atoms with Crippen LogP contribution in [0.2, 0.25) is 0 Å². The number of aryl methyl sites for hydroxylation is 1. The average molecular weight is 433 g/mol. The second-order valence-electron chi connectivity index (χ2n) is 7.24. The van der Waals surface area contributed by atoms with Crippen LogP contribution in [0, 0.1) is 0 Å².